The summed E-state index contributed by atoms with van der Waals surface area (Å²) in [5.74, 6) is 1.52. The van der Waals surface area contributed by atoms with Gasteiger partial charge in [0.1, 0.15) is 0 Å². The molecule has 134 valence electrons. The molecule has 2 N–H and O–H groups in total. The number of aliphatic imine (C=N–C) groups is 1. The Kier molecular flexibility index (Phi) is 15.9. The third kappa shape index (κ3) is 14.8. The lowest BCUT2D eigenvalue weighted by molar-refractivity contribution is 0.109. The lowest BCUT2D eigenvalue weighted by Crippen LogP contribution is -2.39. The van der Waals surface area contributed by atoms with Crippen molar-refractivity contribution in [3.8, 4) is 0 Å². The number of halogens is 1. The van der Waals surface area contributed by atoms with E-state index in [-0.39, 0.29) is 35.5 Å². The molecule has 8 heteroatoms. The zero-order chi connectivity index (χ0) is 16.1. The molecular formula is C14H32IN3O3S. The highest BCUT2D eigenvalue weighted by Crippen LogP contribution is 1.93. The molecule has 22 heavy (non-hydrogen) atoms. The van der Waals surface area contributed by atoms with Crippen molar-refractivity contribution >= 4 is 39.8 Å². The van der Waals surface area contributed by atoms with Crippen molar-refractivity contribution in [3.05, 3.63) is 0 Å². The number of hydrogen-bond acceptors (Lipinski definition) is 4. The number of hydrogen-bond donors (Lipinski definition) is 2. The van der Waals surface area contributed by atoms with Crippen molar-refractivity contribution in [1.82, 2.24) is 10.6 Å². The summed E-state index contributed by atoms with van der Waals surface area (Å²) in [5, 5.41) is 6.14. The summed E-state index contributed by atoms with van der Waals surface area (Å²) in [6.45, 7) is 11.1. The van der Waals surface area contributed by atoms with Gasteiger partial charge < -0.3 is 15.4 Å². The van der Waals surface area contributed by atoms with Gasteiger partial charge in [0.05, 0.1) is 5.75 Å². The minimum absolute atomic E-state index is 0. The Labute approximate surface area is 152 Å². The Morgan fingerprint density at radius 2 is 1.91 bits per heavy atom. The highest BCUT2D eigenvalue weighted by molar-refractivity contribution is 14.0. The van der Waals surface area contributed by atoms with Crippen LogP contribution in [-0.2, 0) is 14.6 Å². The minimum Gasteiger partial charge on any atom is -0.381 e. The summed E-state index contributed by atoms with van der Waals surface area (Å²) in [6, 6.07) is 0. The van der Waals surface area contributed by atoms with Crippen molar-refractivity contribution in [2.45, 2.75) is 34.1 Å². The van der Waals surface area contributed by atoms with Gasteiger partial charge in [0.2, 0.25) is 0 Å². The van der Waals surface area contributed by atoms with E-state index in [0.29, 0.717) is 31.6 Å². The first-order chi connectivity index (χ1) is 9.91. The van der Waals surface area contributed by atoms with Gasteiger partial charge in [0.25, 0.3) is 0 Å². The van der Waals surface area contributed by atoms with E-state index < -0.39 is 9.84 Å². The summed E-state index contributed by atoms with van der Waals surface area (Å²) >= 11 is 0. The molecule has 0 aromatic heterocycles. The van der Waals surface area contributed by atoms with Crippen LogP contribution in [-0.4, -0.2) is 58.7 Å². The van der Waals surface area contributed by atoms with Crippen LogP contribution in [0.25, 0.3) is 0 Å². The summed E-state index contributed by atoms with van der Waals surface area (Å²) in [6.07, 6.45) is 0.858. The fourth-order valence-corrected chi connectivity index (χ4v) is 2.19. The molecule has 0 spiro atoms. The zero-order valence-electron chi connectivity index (χ0n) is 14.2. The third-order valence-corrected chi connectivity index (χ3v) is 4.36. The summed E-state index contributed by atoms with van der Waals surface area (Å²) in [5.41, 5.74) is 0. The number of nitrogens with one attached hydrogen (secondary N) is 2. The van der Waals surface area contributed by atoms with Crippen LogP contribution < -0.4 is 10.6 Å². The summed E-state index contributed by atoms with van der Waals surface area (Å²) in [7, 11) is -2.94. The lowest BCUT2D eigenvalue weighted by atomic mass is 10.2. The highest BCUT2D eigenvalue weighted by Gasteiger charge is 2.07. The van der Waals surface area contributed by atoms with Gasteiger partial charge >= 0.3 is 0 Å². The molecule has 0 bridgehead atoms. The Balaban J connectivity index is 0. The maximum atomic E-state index is 11.4. The van der Waals surface area contributed by atoms with Gasteiger partial charge in [0, 0.05) is 38.6 Å². The van der Waals surface area contributed by atoms with E-state index in [4.69, 9.17) is 4.74 Å². The zero-order valence-corrected chi connectivity index (χ0v) is 17.4. The molecule has 0 saturated heterocycles. The van der Waals surface area contributed by atoms with Crippen LogP contribution in [0.2, 0.25) is 0 Å². The Morgan fingerprint density at radius 1 is 1.23 bits per heavy atom. The van der Waals surface area contributed by atoms with Gasteiger partial charge in [0.15, 0.2) is 15.8 Å². The smallest absolute Gasteiger partial charge is 0.191 e. The van der Waals surface area contributed by atoms with Gasteiger partial charge in [-0.25, -0.2) is 8.42 Å². The number of sulfone groups is 1. The van der Waals surface area contributed by atoms with Crippen LogP contribution in [0, 0.1) is 5.92 Å². The molecular weight excluding hydrogens is 417 g/mol. The molecule has 0 heterocycles. The third-order valence-electron chi connectivity index (χ3n) is 2.66. The molecule has 0 aliphatic heterocycles. The molecule has 0 aliphatic rings. The van der Waals surface area contributed by atoms with E-state index in [1.807, 2.05) is 6.92 Å². The fraction of sp³-hybridized carbons (Fsp3) is 0.929. The first-order valence-electron chi connectivity index (χ1n) is 7.71. The van der Waals surface area contributed by atoms with E-state index in [2.05, 4.69) is 29.5 Å². The molecule has 0 fully saturated rings. The van der Waals surface area contributed by atoms with E-state index in [9.17, 15) is 8.42 Å². The first kappa shape index (κ1) is 24.2. The van der Waals surface area contributed by atoms with Crippen molar-refractivity contribution in [2.75, 3.05) is 44.4 Å². The fourth-order valence-electron chi connectivity index (χ4n) is 1.49. The normalized spacial score (nSPS) is 12.1. The number of rotatable bonds is 11. The quantitative estimate of drug-likeness (QED) is 0.217. The molecule has 0 aliphatic carbocycles. The largest absolute Gasteiger partial charge is 0.381 e. The van der Waals surface area contributed by atoms with Crippen LogP contribution in [0.5, 0.6) is 0 Å². The van der Waals surface area contributed by atoms with E-state index >= 15 is 0 Å². The summed E-state index contributed by atoms with van der Waals surface area (Å²) in [4.78, 5) is 4.40. The second-order valence-corrected chi connectivity index (χ2v) is 7.72. The minimum atomic E-state index is -2.94. The van der Waals surface area contributed by atoms with E-state index in [0.717, 1.165) is 19.6 Å². The Morgan fingerprint density at radius 3 is 2.45 bits per heavy atom. The average molecular weight is 449 g/mol. The van der Waals surface area contributed by atoms with E-state index in [1.165, 1.54) is 0 Å². The van der Waals surface area contributed by atoms with E-state index in [1.54, 1.807) is 6.92 Å². The number of guanidine groups is 1. The van der Waals surface area contributed by atoms with Gasteiger partial charge in [-0.3, -0.25) is 4.99 Å². The predicted octanol–water partition coefficient (Wildman–Crippen LogP) is 1.66. The second-order valence-electron chi connectivity index (χ2n) is 5.25. The number of ether oxygens (including phenoxy) is 1. The number of nitrogens with zero attached hydrogens (tertiary/aromatic N) is 1. The van der Waals surface area contributed by atoms with Crippen LogP contribution in [0.4, 0.5) is 0 Å². The van der Waals surface area contributed by atoms with Crippen LogP contribution in [0.1, 0.15) is 34.1 Å². The van der Waals surface area contributed by atoms with Gasteiger partial charge in [-0.2, -0.15) is 0 Å². The molecule has 0 radical (unpaired) electrons. The SMILES string of the molecule is CCNC(=NCCCOCC(C)C)NCCS(=O)(=O)CC.I. The molecule has 0 aromatic carbocycles. The van der Waals surface area contributed by atoms with Crippen molar-refractivity contribution in [1.29, 1.82) is 0 Å². The van der Waals surface area contributed by atoms with Crippen LogP contribution >= 0.6 is 24.0 Å². The first-order valence-corrected chi connectivity index (χ1v) is 9.53. The molecule has 0 unspecified atom stereocenters. The topological polar surface area (TPSA) is 79.8 Å². The summed E-state index contributed by atoms with van der Waals surface area (Å²) < 4.78 is 28.3. The van der Waals surface area contributed by atoms with Crippen molar-refractivity contribution in [3.63, 3.8) is 0 Å². The lowest BCUT2D eigenvalue weighted by Gasteiger charge is -2.11. The standard InChI is InChI=1S/C14H31N3O3S.HI/c1-5-15-14(17-9-11-21(18,19)6-2)16-8-7-10-20-12-13(3)4;/h13H,5-12H2,1-4H3,(H2,15,16,17);1H. The maximum Gasteiger partial charge on any atom is 0.191 e. The van der Waals surface area contributed by atoms with Crippen LogP contribution in [0.15, 0.2) is 4.99 Å². The van der Waals surface area contributed by atoms with Crippen LogP contribution in [0.3, 0.4) is 0 Å². The molecule has 0 aromatic rings. The van der Waals surface area contributed by atoms with Crippen molar-refractivity contribution in [2.24, 2.45) is 10.9 Å². The molecule has 0 amide bonds. The average Bonchev–Trinajstić information content (AvgIpc) is 2.42. The van der Waals surface area contributed by atoms with Gasteiger partial charge in [-0.1, -0.05) is 20.8 Å². The predicted molar refractivity (Wildman–Crippen MR) is 104 cm³/mol. The highest BCUT2D eigenvalue weighted by atomic mass is 127. The Hall–Kier alpha value is -0.0900. The second kappa shape index (κ2) is 14.5. The monoisotopic (exact) mass is 449 g/mol. The molecule has 0 rings (SSSR count). The molecule has 0 saturated carbocycles. The Bertz CT molecular complexity index is 387. The maximum absolute atomic E-state index is 11.4. The van der Waals surface area contributed by atoms with Gasteiger partial charge in [-0.05, 0) is 19.3 Å². The van der Waals surface area contributed by atoms with Crippen molar-refractivity contribution < 1.29 is 13.2 Å². The van der Waals surface area contributed by atoms with Gasteiger partial charge in [-0.15, -0.1) is 24.0 Å². The molecule has 0 atom stereocenters. The molecule has 6 nitrogen and oxygen atoms in total.